The van der Waals surface area contributed by atoms with Gasteiger partial charge in [0.05, 0.1) is 0 Å². The van der Waals surface area contributed by atoms with Gasteiger partial charge in [-0.3, -0.25) is 9.69 Å². The van der Waals surface area contributed by atoms with Crippen molar-refractivity contribution in [3.05, 3.63) is 58.3 Å². The van der Waals surface area contributed by atoms with E-state index in [9.17, 15) is 18.0 Å². The van der Waals surface area contributed by atoms with Crippen LogP contribution in [-0.2, 0) is 16.1 Å². The number of nitrogens with zero attached hydrogens (tertiary/aromatic N) is 1. The van der Waals surface area contributed by atoms with Gasteiger partial charge in [0, 0.05) is 42.4 Å². The van der Waals surface area contributed by atoms with Crippen molar-refractivity contribution >= 4 is 23.2 Å². The number of carboxylic acid groups (broad SMARTS) is 1. The molecule has 1 spiro atoms. The zero-order valence-electron chi connectivity index (χ0n) is 16.2. The molecule has 0 radical (unpaired) electrons. The van der Waals surface area contributed by atoms with Crippen LogP contribution >= 0.6 is 11.3 Å². The molecule has 2 fully saturated rings. The van der Waals surface area contributed by atoms with Crippen LogP contribution in [-0.4, -0.2) is 46.7 Å². The number of nitrogens with one attached hydrogen (secondary N) is 1. The van der Waals surface area contributed by atoms with Gasteiger partial charge in [0.2, 0.25) is 5.91 Å². The SMILES string of the molecule is O=C(O)C(F)(F)F.O=C1CC(c2ccccc2)C2(CCN(Cc3cccs3)CC2)N1. The zero-order valence-corrected chi connectivity index (χ0v) is 17.0. The first kappa shape index (κ1) is 22.3. The second-order valence-corrected chi connectivity index (χ2v) is 8.56. The Bertz CT molecular complexity index is 848. The molecule has 0 aliphatic carbocycles. The van der Waals surface area contributed by atoms with Gasteiger partial charge in [-0.1, -0.05) is 36.4 Å². The summed E-state index contributed by atoms with van der Waals surface area (Å²) in [6, 6.07) is 14.9. The topological polar surface area (TPSA) is 69.6 Å². The summed E-state index contributed by atoms with van der Waals surface area (Å²) >= 11 is 1.83. The molecule has 2 aromatic rings. The molecule has 2 saturated heterocycles. The van der Waals surface area contributed by atoms with Crippen LogP contribution in [0.4, 0.5) is 13.2 Å². The Hall–Kier alpha value is -2.39. The molecule has 30 heavy (non-hydrogen) atoms. The van der Waals surface area contributed by atoms with Crippen molar-refractivity contribution in [3.8, 4) is 0 Å². The van der Waals surface area contributed by atoms with E-state index in [2.05, 4.69) is 52.0 Å². The van der Waals surface area contributed by atoms with E-state index in [1.165, 1.54) is 10.4 Å². The Balaban J connectivity index is 0.000000318. The molecule has 2 N–H and O–H groups in total. The summed E-state index contributed by atoms with van der Waals surface area (Å²) in [6.07, 6.45) is -2.36. The number of likely N-dealkylation sites (tertiary alicyclic amines) is 1. The quantitative estimate of drug-likeness (QED) is 0.757. The summed E-state index contributed by atoms with van der Waals surface area (Å²) < 4.78 is 31.7. The number of benzene rings is 1. The molecule has 1 aromatic carbocycles. The van der Waals surface area contributed by atoms with E-state index in [1.54, 1.807) is 0 Å². The number of carbonyl (C=O) groups is 2. The van der Waals surface area contributed by atoms with Crippen LogP contribution in [0.5, 0.6) is 0 Å². The van der Waals surface area contributed by atoms with Gasteiger partial charge in [-0.25, -0.2) is 4.79 Å². The highest BCUT2D eigenvalue weighted by Gasteiger charge is 2.48. The molecule has 1 amide bonds. The third kappa shape index (κ3) is 5.40. The molecule has 0 bridgehead atoms. The van der Waals surface area contributed by atoms with Crippen molar-refractivity contribution in [1.82, 2.24) is 10.2 Å². The maximum Gasteiger partial charge on any atom is 0.490 e. The number of carboxylic acids is 1. The lowest BCUT2D eigenvalue weighted by Gasteiger charge is -2.43. The summed E-state index contributed by atoms with van der Waals surface area (Å²) in [5.41, 5.74) is 1.27. The second-order valence-electron chi connectivity index (χ2n) is 7.53. The standard InChI is InChI=1S/C19H22N2OS.C2HF3O2/c22-18-13-17(15-5-2-1-3-6-15)19(20-18)8-10-21(11-9-19)14-16-7-4-12-23-16;3-2(4,5)1(6)7/h1-7,12,17H,8-11,13-14H2,(H,20,22);(H,6,7). The normalized spacial score (nSPS) is 21.0. The molecule has 3 heterocycles. The molecule has 162 valence electrons. The Kier molecular flexibility index (Phi) is 6.82. The van der Waals surface area contributed by atoms with Gasteiger partial charge in [-0.05, 0) is 29.9 Å². The summed E-state index contributed by atoms with van der Waals surface area (Å²) in [4.78, 5) is 25.0. The Morgan fingerprint density at radius 1 is 1.17 bits per heavy atom. The van der Waals surface area contributed by atoms with Gasteiger partial charge in [0.1, 0.15) is 0 Å². The summed E-state index contributed by atoms with van der Waals surface area (Å²) in [5.74, 6) is -2.22. The van der Waals surface area contributed by atoms with E-state index < -0.39 is 12.1 Å². The van der Waals surface area contributed by atoms with Crippen LogP contribution in [0.1, 0.15) is 35.6 Å². The molecule has 4 rings (SSSR count). The van der Waals surface area contributed by atoms with Crippen LogP contribution in [0.2, 0.25) is 0 Å². The van der Waals surface area contributed by atoms with Crippen molar-refractivity contribution in [3.63, 3.8) is 0 Å². The number of piperidine rings is 1. The number of rotatable bonds is 3. The monoisotopic (exact) mass is 440 g/mol. The highest BCUT2D eigenvalue weighted by atomic mass is 32.1. The summed E-state index contributed by atoms with van der Waals surface area (Å²) in [7, 11) is 0. The van der Waals surface area contributed by atoms with Crippen molar-refractivity contribution in [1.29, 1.82) is 0 Å². The maximum absolute atomic E-state index is 12.1. The van der Waals surface area contributed by atoms with E-state index in [1.807, 2.05) is 17.4 Å². The third-order valence-corrected chi connectivity index (χ3v) is 6.46. The van der Waals surface area contributed by atoms with Crippen molar-refractivity contribution in [2.75, 3.05) is 13.1 Å². The molecular weight excluding hydrogens is 417 g/mol. The summed E-state index contributed by atoms with van der Waals surface area (Å²) in [6.45, 7) is 3.15. The number of halogens is 3. The number of alkyl halides is 3. The van der Waals surface area contributed by atoms with Gasteiger partial charge in [-0.15, -0.1) is 11.3 Å². The molecule has 1 atom stereocenters. The highest BCUT2D eigenvalue weighted by molar-refractivity contribution is 7.09. The molecule has 2 aliphatic rings. The molecular formula is C21H23F3N2O3S. The lowest BCUT2D eigenvalue weighted by Crippen LogP contribution is -2.53. The largest absolute Gasteiger partial charge is 0.490 e. The Morgan fingerprint density at radius 2 is 1.80 bits per heavy atom. The Labute approximate surface area is 176 Å². The van der Waals surface area contributed by atoms with Crippen LogP contribution in [0.15, 0.2) is 47.8 Å². The van der Waals surface area contributed by atoms with Gasteiger partial charge in [0.15, 0.2) is 0 Å². The predicted octanol–water partition coefficient (Wildman–Crippen LogP) is 4.02. The zero-order chi connectivity index (χ0) is 21.8. The highest BCUT2D eigenvalue weighted by Crippen LogP contribution is 2.43. The number of carbonyl (C=O) groups excluding carboxylic acids is 1. The first-order chi connectivity index (χ1) is 14.2. The molecule has 1 unspecified atom stereocenters. The number of thiophene rings is 1. The van der Waals surface area contributed by atoms with E-state index in [-0.39, 0.29) is 11.4 Å². The van der Waals surface area contributed by atoms with E-state index >= 15 is 0 Å². The maximum atomic E-state index is 12.1. The van der Waals surface area contributed by atoms with Gasteiger partial charge in [0.25, 0.3) is 0 Å². The predicted molar refractivity (Wildman–Crippen MR) is 107 cm³/mol. The number of hydrogen-bond acceptors (Lipinski definition) is 4. The average Bonchev–Trinajstić information content (AvgIpc) is 3.32. The number of hydrogen-bond donors (Lipinski definition) is 2. The molecule has 0 saturated carbocycles. The lowest BCUT2D eigenvalue weighted by atomic mass is 9.74. The van der Waals surface area contributed by atoms with Crippen molar-refractivity contribution in [2.45, 2.75) is 43.4 Å². The van der Waals surface area contributed by atoms with Crippen LogP contribution in [0, 0.1) is 0 Å². The van der Waals surface area contributed by atoms with Crippen molar-refractivity contribution in [2.24, 2.45) is 0 Å². The number of aliphatic carboxylic acids is 1. The van der Waals surface area contributed by atoms with E-state index in [0.29, 0.717) is 12.3 Å². The van der Waals surface area contributed by atoms with Crippen LogP contribution in [0.25, 0.3) is 0 Å². The van der Waals surface area contributed by atoms with E-state index in [4.69, 9.17) is 9.90 Å². The van der Waals surface area contributed by atoms with Crippen LogP contribution in [0.3, 0.4) is 0 Å². The van der Waals surface area contributed by atoms with E-state index in [0.717, 1.165) is 32.5 Å². The number of amides is 1. The fourth-order valence-corrected chi connectivity index (χ4v) is 4.87. The molecule has 5 nitrogen and oxygen atoms in total. The fourth-order valence-electron chi connectivity index (χ4n) is 4.13. The Morgan fingerprint density at radius 3 is 2.33 bits per heavy atom. The van der Waals surface area contributed by atoms with Gasteiger partial charge in [-0.2, -0.15) is 13.2 Å². The second kappa shape index (κ2) is 9.18. The first-order valence-corrected chi connectivity index (χ1v) is 10.5. The van der Waals surface area contributed by atoms with Crippen LogP contribution < -0.4 is 5.32 Å². The van der Waals surface area contributed by atoms with Gasteiger partial charge >= 0.3 is 12.1 Å². The molecule has 1 aromatic heterocycles. The first-order valence-electron chi connectivity index (χ1n) is 9.60. The lowest BCUT2D eigenvalue weighted by molar-refractivity contribution is -0.192. The minimum Gasteiger partial charge on any atom is -0.475 e. The average molecular weight is 440 g/mol. The minimum absolute atomic E-state index is 0.0373. The molecule has 2 aliphatic heterocycles. The smallest absolute Gasteiger partial charge is 0.475 e. The minimum atomic E-state index is -5.08. The fraction of sp³-hybridized carbons (Fsp3) is 0.429. The van der Waals surface area contributed by atoms with Gasteiger partial charge < -0.3 is 10.4 Å². The van der Waals surface area contributed by atoms with Crippen molar-refractivity contribution < 1.29 is 27.9 Å². The summed E-state index contributed by atoms with van der Waals surface area (Å²) in [5, 5.41) is 12.6. The molecule has 9 heteroatoms. The third-order valence-electron chi connectivity index (χ3n) is 5.60.